The van der Waals surface area contributed by atoms with Crippen molar-refractivity contribution in [3.05, 3.63) is 0 Å². The van der Waals surface area contributed by atoms with Gasteiger partial charge in [-0.3, -0.25) is 9.69 Å². The Labute approximate surface area is 120 Å². The largest absolute Gasteiger partial charge is 0.481 e. The van der Waals surface area contributed by atoms with Gasteiger partial charge in [0.15, 0.2) is 0 Å². The number of nitrogens with zero attached hydrogens (tertiary/aromatic N) is 1. The van der Waals surface area contributed by atoms with Crippen molar-refractivity contribution in [2.45, 2.75) is 52.2 Å². The van der Waals surface area contributed by atoms with Crippen molar-refractivity contribution in [1.29, 1.82) is 0 Å². The second-order valence-electron chi connectivity index (χ2n) is 6.46. The lowest BCUT2D eigenvalue weighted by Gasteiger charge is -2.35. The van der Waals surface area contributed by atoms with Crippen molar-refractivity contribution in [1.82, 2.24) is 4.90 Å². The van der Waals surface area contributed by atoms with Gasteiger partial charge in [0.1, 0.15) is 5.60 Å². The third kappa shape index (κ3) is 4.10. The number of aliphatic carboxylic acids is 1. The van der Waals surface area contributed by atoms with Crippen LogP contribution in [0.3, 0.4) is 0 Å². The molecule has 20 heavy (non-hydrogen) atoms. The molecule has 0 radical (unpaired) electrons. The van der Waals surface area contributed by atoms with Gasteiger partial charge < -0.3 is 14.6 Å². The molecule has 116 valence electrons. The van der Waals surface area contributed by atoms with Crippen molar-refractivity contribution < 1.29 is 24.2 Å². The van der Waals surface area contributed by atoms with E-state index in [9.17, 15) is 14.7 Å². The van der Waals surface area contributed by atoms with Gasteiger partial charge in [-0.05, 0) is 41.0 Å². The zero-order valence-electron chi connectivity index (χ0n) is 12.9. The van der Waals surface area contributed by atoms with Gasteiger partial charge in [-0.1, -0.05) is 0 Å². The maximum atomic E-state index is 12.3. The maximum Gasteiger partial charge on any atom is 0.410 e. The Morgan fingerprint density at radius 1 is 1.40 bits per heavy atom. The summed E-state index contributed by atoms with van der Waals surface area (Å²) in [6.45, 7) is 10.1. The Bertz CT molecular complexity index is 376. The van der Waals surface area contributed by atoms with Gasteiger partial charge >= 0.3 is 12.1 Å². The van der Waals surface area contributed by atoms with E-state index < -0.39 is 29.1 Å². The Balaban J connectivity index is 2.88. The topological polar surface area (TPSA) is 76.1 Å². The van der Waals surface area contributed by atoms with E-state index in [1.54, 1.807) is 20.8 Å². The molecule has 0 spiro atoms. The number of carboxylic acid groups (broad SMARTS) is 1. The lowest BCUT2D eigenvalue weighted by atomic mass is 9.95. The van der Waals surface area contributed by atoms with Crippen LogP contribution in [0.15, 0.2) is 0 Å². The molecule has 6 nitrogen and oxygen atoms in total. The molecule has 0 aromatic rings. The highest BCUT2D eigenvalue weighted by molar-refractivity contribution is 5.75. The number of rotatable bonds is 4. The van der Waals surface area contributed by atoms with Gasteiger partial charge in [-0.25, -0.2) is 4.79 Å². The van der Waals surface area contributed by atoms with Crippen LogP contribution in [0.4, 0.5) is 4.79 Å². The Hall–Kier alpha value is -1.30. The average molecular weight is 287 g/mol. The number of hydrogen-bond acceptors (Lipinski definition) is 4. The minimum atomic E-state index is -0.890. The predicted molar refractivity (Wildman–Crippen MR) is 73.6 cm³/mol. The van der Waals surface area contributed by atoms with Gasteiger partial charge in [0, 0.05) is 13.2 Å². The summed E-state index contributed by atoms with van der Waals surface area (Å²) in [5.74, 6) is -1.47. The van der Waals surface area contributed by atoms with Gasteiger partial charge in [0.2, 0.25) is 0 Å². The number of ether oxygens (including phenoxy) is 2. The van der Waals surface area contributed by atoms with Crippen molar-refractivity contribution in [3.63, 3.8) is 0 Å². The van der Waals surface area contributed by atoms with Gasteiger partial charge in [-0.15, -0.1) is 0 Å². The summed E-state index contributed by atoms with van der Waals surface area (Å²) in [7, 11) is 0. The zero-order valence-corrected chi connectivity index (χ0v) is 12.9. The molecule has 1 aliphatic rings. The molecule has 2 atom stereocenters. The average Bonchev–Trinajstić information content (AvgIpc) is 2.63. The van der Waals surface area contributed by atoms with E-state index in [-0.39, 0.29) is 6.54 Å². The van der Waals surface area contributed by atoms with Crippen LogP contribution in [-0.2, 0) is 14.3 Å². The van der Waals surface area contributed by atoms with Crippen molar-refractivity contribution in [2.75, 3.05) is 19.8 Å². The summed E-state index contributed by atoms with van der Waals surface area (Å²) in [4.78, 5) is 25.0. The molecule has 0 aromatic heterocycles. The SMILES string of the molecule is CCOC[C@]1(C)C[C@H](C(=O)O)CN1C(=O)OC(C)(C)C. The second-order valence-corrected chi connectivity index (χ2v) is 6.46. The Morgan fingerprint density at radius 2 is 2.00 bits per heavy atom. The molecule has 0 bridgehead atoms. The molecule has 0 saturated carbocycles. The predicted octanol–water partition coefficient (Wildman–Crippen LogP) is 2.12. The Morgan fingerprint density at radius 3 is 2.45 bits per heavy atom. The summed E-state index contributed by atoms with van der Waals surface area (Å²) in [6.07, 6.45) is -0.106. The lowest BCUT2D eigenvalue weighted by Crippen LogP contribution is -2.50. The summed E-state index contributed by atoms with van der Waals surface area (Å²) >= 11 is 0. The highest BCUT2D eigenvalue weighted by atomic mass is 16.6. The second kappa shape index (κ2) is 5.99. The first-order valence-electron chi connectivity index (χ1n) is 6.90. The first kappa shape index (κ1) is 16.8. The van der Waals surface area contributed by atoms with E-state index in [2.05, 4.69) is 0 Å². The van der Waals surface area contributed by atoms with Crippen LogP contribution in [0.2, 0.25) is 0 Å². The van der Waals surface area contributed by atoms with Crippen LogP contribution in [0.25, 0.3) is 0 Å². The molecule has 1 amide bonds. The molecule has 1 heterocycles. The molecule has 1 rings (SSSR count). The fourth-order valence-electron chi connectivity index (χ4n) is 2.38. The zero-order chi connectivity index (χ0) is 15.6. The van der Waals surface area contributed by atoms with Crippen molar-refractivity contribution in [3.8, 4) is 0 Å². The maximum absolute atomic E-state index is 12.3. The van der Waals surface area contributed by atoms with Crippen LogP contribution in [0.1, 0.15) is 41.0 Å². The summed E-state index contributed by atoms with van der Waals surface area (Å²) in [5, 5.41) is 9.18. The number of hydrogen-bond donors (Lipinski definition) is 1. The third-order valence-electron chi connectivity index (χ3n) is 3.32. The minimum absolute atomic E-state index is 0.161. The summed E-state index contributed by atoms with van der Waals surface area (Å²) < 4.78 is 10.8. The van der Waals surface area contributed by atoms with Gasteiger partial charge in [-0.2, -0.15) is 0 Å². The summed E-state index contributed by atoms with van der Waals surface area (Å²) in [6, 6.07) is 0. The van der Waals surface area contributed by atoms with Crippen LogP contribution in [-0.4, -0.2) is 53.0 Å². The van der Waals surface area contributed by atoms with Crippen LogP contribution in [0, 0.1) is 5.92 Å². The van der Waals surface area contributed by atoms with E-state index in [0.717, 1.165) is 0 Å². The van der Waals surface area contributed by atoms with E-state index in [4.69, 9.17) is 9.47 Å². The van der Waals surface area contributed by atoms with Crippen LogP contribution >= 0.6 is 0 Å². The number of amides is 1. The van der Waals surface area contributed by atoms with Crippen LogP contribution < -0.4 is 0 Å². The summed E-state index contributed by atoms with van der Waals surface area (Å²) in [5.41, 5.74) is -1.24. The highest BCUT2D eigenvalue weighted by Gasteiger charge is 2.48. The van der Waals surface area contributed by atoms with E-state index in [0.29, 0.717) is 19.6 Å². The number of carbonyl (C=O) groups excluding carboxylic acids is 1. The molecule has 1 aliphatic heterocycles. The first-order valence-corrected chi connectivity index (χ1v) is 6.90. The third-order valence-corrected chi connectivity index (χ3v) is 3.32. The van der Waals surface area contributed by atoms with E-state index >= 15 is 0 Å². The van der Waals surface area contributed by atoms with E-state index in [1.165, 1.54) is 4.90 Å². The fraction of sp³-hybridized carbons (Fsp3) is 0.857. The molecule has 0 aliphatic carbocycles. The molecule has 1 saturated heterocycles. The quantitative estimate of drug-likeness (QED) is 0.857. The molecule has 0 unspecified atom stereocenters. The fourth-order valence-corrected chi connectivity index (χ4v) is 2.38. The van der Waals surface area contributed by atoms with Gasteiger partial charge in [0.05, 0.1) is 18.1 Å². The standard InChI is InChI=1S/C14H25NO5/c1-6-19-9-14(5)7-10(11(16)17)8-15(14)12(18)20-13(2,3)4/h10H,6-9H2,1-5H3,(H,16,17)/t10-,14-/m0/s1. The van der Waals surface area contributed by atoms with Crippen LogP contribution in [0.5, 0.6) is 0 Å². The Kier molecular flexibility index (Phi) is 5.02. The smallest absolute Gasteiger partial charge is 0.410 e. The number of carbonyl (C=O) groups is 2. The van der Waals surface area contributed by atoms with Gasteiger partial charge in [0.25, 0.3) is 0 Å². The molecule has 1 N–H and O–H groups in total. The minimum Gasteiger partial charge on any atom is -0.481 e. The monoisotopic (exact) mass is 287 g/mol. The first-order chi connectivity index (χ1) is 9.09. The number of carboxylic acids is 1. The highest BCUT2D eigenvalue weighted by Crippen LogP contribution is 2.34. The molecular formula is C14H25NO5. The van der Waals surface area contributed by atoms with Crippen molar-refractivity contribution >= 4 is 12.1 Å². The molecule has 1 fully saturated rings. The lowest BCUT2D eigenvalue weighted by molar-refractivity contribution is -0.141. The molecular weight excluding hydrogens is 262 g/mol. The van der Waals surface area contributed by atoms with Crippen molar-refractivity contribution in [2.24, 2.45) is 5.92 Å². The number of likely N-dealkylation sites (tertiary alicyclic amines) is 1. The normalized spacial score (nSPS) is 26.6. The van der Waals surface area contributed by atoms with E-state index in [1.807, 2.05) is 13.8 Å². The molecule has 6 heteroatoms. The molecule has 0 aromatic carbocycles.